The molecule has 0 spiro atoms. The lowest BCUT2D eigenvalue weighted by Crippen LogP contribution is -2.23. The van der Waals surface area contributed by atoms with Crippen LogP contribution in [0.25, 0.3) is 0 Å². The van der Waals surface area contributed by atoms with E-state index in [0.717, 1.165) is 25.9 Å². The highest BCUT2D eigenvalue weighted by Gasteiger charge is 2.44. The minimum Gasteiger partial charge on any atom is -0.488 e. The molecule has 0 amide bonds. The average Bonchev–Trinajstić information content (AvgIpc) is 2.95. The maximum atomic E-state index is 14.4. The molecule has 0 aliphatic carbocycles. The summed E-state index contributed by atoms with van der Waals surface area (Å²) in [6.07, 6.45) is 0. The summed E-state index contributed by atoms with van der Waals surface area (Å²) in [7, 11) is -2.91. The predicted molar refractivity (Wildman–Crippen MR) is 192 cm³/mol. The Kier molecular flexibility index (Phi) is 9.98. The van der Waals surface area contributed by atoms with E-state index < -0.39 is 20.4 Å². The first kappa shape index (κ1) is 35.4. The first-order valence-electron chi connectivity index (χ1n) is 15.5. The van der Waals surface area contributed by atoms with Crippen molar-refractivity contribution in [2.24, 2.45) is 0 Å². The van der Waals surface area contributed by atoms with E-state index in [1.807, 2.05) is 145 Å². The van der Waals surface area contributed by atoms with Crippen LogP contribution in [0.4, 0.5) is 5.69 Å². The fourth-order valence-corrected chi connectivity index (χ4v) is 10.4. The molecule has 1 N–H and O–H groups in total. The molecule has 0 aliphatic rings. The predicted octanol–water partition coefficient (Wildman–Crippen LogP) is 10.1. The number of hydrogen-bond acceptors (Lipinski definition) is 5. The van der Waals surface area contributed by atoms with Crippen LogP contribution in [0.3, 0.4) is 0 Å². The van der Waals surface area contributed by atoms with Crippen molar-refractivity contribution in [3.63, 3.8) is 0 Å². The molecule has 0 heterocycles. The van der Waals surface area contributed by atoms with E-state index >= 15 is 0 Å². The minimum absolute atomic E-state index is 0.115. The van der Waals surface area contributed by atoms with Gasteiger partial charge in [-0.15, -0.1) is 8.42 Å². The Morgan fingerprint density at radius 2 is 0.870 bits per heavy atom. The molecule has 46 heavy (non-hydrogen) atoms. The molecule has 4 rings (SSSR count). The first-order chi connectivity index (χ1) is 21.2. The van der Waals surface area contributed by atoms with Gasteiger partial charge in [-0.25, -0.2) is 0 Å². The second-order valence-electron chi connectivity index (χ2n) is 14.7. The zero-order valence-corrected chi connectivity index (χ0v) is 30.7. The number of anilines is 1. The topological polar surface area (TPSA) is 68.6 Å². The molecule has 0 radical (unpaired) electrons. The average molecular weight is 665 g/mol. The van der Waals surface area contributed by atoms with Gasteiger partial charge in [0.1, 0.15) is 27.6 Å². The summed E-state index contributed by atoms with van der Waals surface area (Å²) in [6.45, 7) is 18.3. The molecule has 0 saturated heterocycles. The Labute approximate surface area is 278 Å². The van der Waals surface area contributed by atoms with Crippen molar-refractivity contribution in [3.8, 4) is 11.5 Å². The molecule has 0 unspecified atom stereocenters. The third kappa shape index (κ3) is 8.46. The Bertz CT molecular complexity index is 1650. The molecule has 0 atom stereocenters. The number of benzene rings is 4. The summed E-state index contributed by atoms with van der Waals surface area (Å²) in [4.78, 5) is 4.50. The lowest BCUT2D eigenvalue weighted by Gasteiger charge is -2.35. The number of ether oxygens (including phenoxy) is 2. The molecule has 0 aliphatic heterocycles. The maximum absolute atomic E-state index is 14.4. The number of rotatable bonds is 9. The van der Waals surface area contributed by atoms with Crippen LogP contribution < -0.4 is 14.4 Å². The van der Waals surface area contributed by atoms with E-state index in [-0.39, 0.29) is 21.5 Å². The van der Waals surface area contributed by atoms with Crippen molar-refractivity contribution in [2.75, 3.05) is 19.0 Å². The molecule has 248 valence electrons. The van der Waals surface area contributed by atoms with Gasteiger partial charge in [0.2, 0.25) is 0 Å². The van der Waals surface area contributed by atoms with E-state index in [9.17, 15) is 8.42 Å². The van der Waals surface area contributed by atoms with Gasteiger partial charge in [0.15, 0.2) is 0 Å². The van der Waals surface area contributed by atoms with Crippen molar-refractivity contribution in [1.29, 1.82) is 0 Å². The van der Waals surface area contributed by atoms with E-state index in [1.54, 1.807) is 12.1 Å². The van der Waals surface area contributed by atoms with Gasteiger partial charge < -0.3 is 14.4 Å². The van der Waals surface area contributed by atoms with Crippen LogP contribution in [0.5, 0.6) is 11.5 Å². The van der Waals surface area contributed by atoms with E-state index in [4.69, 9.17) is 13.1 Å². The molecular formula is C38H50NO5S2+. The van der Waals surface area contributed by atoms with Crippen LogP contribution in [-0.4, -0.2) is 37.3 Å². The lowest BCUT2D eigenvalue weighted by molar-refractivity contribution is 0.130. The van der Waals surface area contributed by atoms with Crippen molar-refractivity contribution >= 4 is 26.1 Å². The Morgan fingerprint density at radius 1 is 0.522 bits per heavy atom. The fourth-order valence-electron chi connectivity index (χ4n) is 4.91. The Balaban J connectivity index is 1.98. The highest BCUT2D eigenvalue weighted by Crippen LogP contribution is 2.69. The number of hydrogen-bond donors (Lipinski definition) is 0. The van der Waals surface area contributed by atoms with E-state index in [2.05, 4.69) is 20.8 Å². The van der Waals surface area contributed by atoms with Crippen molar-refractivity contribution in [1.82, 2.24) is 0 Å². The van der Waals surface area contributed by atoms with Crippen LogP contribution in [0.2, 0.25) is 0 Å². The summed E-state index contributed by atoms with van der Waals surface area (Å²) in [6, 6.07) is 30.4. The highest BCUT2D eigenvalue weighted by atomic mass is 32.3. The second kappa shape index (κ2) is 13.0. The van der Waals surface area contributed by atoms with Gasteiger partial charge in [-0.05, 0) is 137 Å². The van der Waals surface area contributed by atoms with E-state index in [0.29, 0.717) is 11.5 Å². The normalized spacial score (nSPS) is 13.3. The third-order valence-electron chi connectivity index (χ3n) is 7.10. The Hall–Kier alpha value is -3.46. The molecule has 0 fully saturated rings. The summed E-state index contributed by atoms with van der Waals surface area (Å²) >= 11 is 0. The van der Waals surface area contributed by atoms with Gasteiger partial charge in [-0.3, -0.25) is 3.63 Å². The van der Waals surface area contributed by atoms with Crippen LogP contribution in [0, 0.1) is 0 Å². The maximum Gasteiger partial charge on any atom is 0.422 e. The lowest BCUT2D eigenvalue weighted by atomic mass is 9.87. The standard InChI is InChI=1S/C38H49NO5S2/c1-36(2,3)28-12-20-35(21-13-28)46(40,41)44-45(32-22-14-29(15-23-32)39(10)11,33-24-16-30(17-25-33)42-37(4,5)6)34-26-18-31(19-27-34)43-38(7,8)9/h12-27H,1-11H3/p+1. The zero-order valence-electron chi connectivity index (χ0n) is 29.1. The molecule has 6 nitrogen and oxygen atoms in total. The van der Waals surface area contributed by atoms with Crippen molar-refractivity contribution in [2.45, 2.75) is 98.5 Å². The van der Waals surface area contributed by atoms with Crippen LogP contribution >= 0.6 is 10.3 Å². The molecular weight excluding hydrogens is 615 g/mol. The molecule has 0 aromatic heterocycles. The van der Waals surface area contributed by atoms with Gasteiger partial charge in [0.05, 0.1) is 25.0 Å². The molecule has 8 heteroatoms. The molecule has 0 bridgehead atoms. The van der Waals surface area contributed by atoms with E-state index in [1.165, 1.54) is 0 Å². The third-order valence-corrected chi connectivity index (χ3v) is 12.5. The SMILES string of the molecule is CN(C)c1ccc(S([OH+]S(=O)(=O)c2ccc(C(C)(C)C)cc2)(c2ccc(OC(C)(C)C)cc2)c2ccc(OC(C)(C)C)cc2)cc1. The fraction of sp³-hybridized carbons (Fsp3) is 0.368. The van der Waals surface area contributed by atoms with Gasteiger partial charge >= 0.3 is 10.1 Å². The molecule has 0 saturated carbocycles. The quantitative estimate of drug-likeness (QED) is 0.132. The smallest absolute Gasteiger partial charge is 0.422 e. The van der Waals surface area contributed by atoms with Crippen LogP contribution in [-0.2, 0) is 15.5 Å². The summed E-state index contributed by atoms with van der Waals surface area (Å²) in [5, 5.41) is 0. The second-order valence-corrected chi connectivity index (χ2v) is 19.3. The summed E-state index contributed by atoms with van der Waals surface area (Å²) in [5.74, 6) is 1.39. The highest BCUT2D eigenvalue weighted by molar-refractivity contribution is 8.32. The van der Waals surface area contributed by atoms with Gasteiger partial charge in [-0.1, -0.05) is 32.9 Å². The van der Waals surface area contributed by atoms with Crippen LogP contribution in [0.1, 0.15) is 67.9 Å². The zero-order chi connectivity index (χ0) is 34.1. The monoisotopic (exact) mass is 664 g/mol. The van der Waals surface area contributed by atoms with Gasteiger partial charge in [0.25, 0.3) is 0 Å². The Morgan fingerprint density at radius 3 is 1.20 bits per heavy atom. The number of nitrogens with zero attached hydrogens (tertiary/aromatic N) is 1. The van der Waals surface area contributed by atoms with Crippen molar-refractivity contribution < 1.29 is 21.5 Å². The van der Waals surface area contributed by atoms with Gasteiger partial charge in [-0.2, -0.15) is 0 Å². The van der Waals surface area contributed by atoms with Gasteiger partial charge in [0, 0.05) is 19.8 Å². The van der Waals surface area contributed by atoms with Crippen LogP contribution in [0.15, 0.2) is 117 Å². The molecule has 4 aromatic rings. The first-order valence-corrected chi connectivity index (χ1v) is 18.5. The largest absolute Gasteiger partial charge is 0.488 e. The molecule has 4 aromatic carbocycles. The van der Waals surface area contributed by atoms with Crippen molar-refractivity contribution in [3.05, 3.63) is 103 Å². The minimum atomic E-state index is -4.14. The summed E-state index contributed by atoms with van der Waals surface area (Å²) in [5.41, 5.74) is 1.16. The summed E-state index contributed by atoms with van der Waals surface area (Å²) < 4.78 is 46.0.